The van der Waals surface area contributed by atoms with Crippen molar-refractivity contribution < 1.29 is 4.39 Å². The highest BCUT2D eigenvalue weighted by Crippen LogP contribution is 2.39. The zero-order chi connectivity index (χ0) is 15.0. The molecule has 1 fully saturated rings. The quantitative estimate of drug-likeness (QED) is 0.891. The largest absolute Gasteiger partial charge is 0.344 e. The summed E-state index contributed by atoms with van der Waals surface area (Å²) in [5.74, 6) is -0.294. The van der Waals surface area contributed by atoms with Crippen molar-refractivity contribution in [1.29, 1.82) is 0 Å². The Morgan fingerprint density at radius 1 is 1.52 bits per heavy atom. The van der Waals surface area contributed by atoms with Gasteiger partial charge in [0.1, 0.15) is 5.82 Å². The van der Waals surface area contributed by atoms with Crippen LogP contribution in [0.2, 0.25) is 0 Å². The standard InChI is InChI=1S/C14H17FN4OS/c1-8(16-2)10-4-3-5-11(15)12(10)21-14-18-17-13(20)19(14)9-6-7-9/h3-5,8-9,16H,6-7H2,1-2H3,(H,17,20). The SMILES string of the molecule is CNC(C)c1cccc(F)c1Sc1n[nH]c(=O)n1C1CC1. The molecule has 0 amide bonds. The van der Waals surface area contributed by atoms with E-state index in [1.807, 2.05) is 20.0 Å². The Hall–Kier alpha value is -1.60. The molecule has 0 aliphatic heterocycles. The molecule has 2 aromatic rings. The van der Waals surface area contributed by atoms with Crippen molar-refractivity contribution in [2.45, 2.75) is 41.9 Å². The van der Waals surface area contributed by atoms with Crippen LogP contribution in [0.25, 0.3) is 0 Å². The third-order valence-electron chi connectivity index (χ3n) is 3.67. The average molecular weight is 308 g/mol. The number of hydrogen-bond acceptors (Lipinski definition) is 4. The van der Waals surface area contributed by atoms with Crippen molar-refractivity contribution in [3.63, 3.8) is 0 Å². The van der Waals surface area contributed by atoms with Crippen LogP contribution < -0.4 is 11.0 Å². The van der Waals surface area contributed by atoms with Gasteiger partial charge in [-0.2, -0.15) is 0 Å². The van der Waals surface area contributed by atoms with Gasteiger partial charge in [-0.05, 0) is 50.2 Å². The average Bonchev–Trinajstić information content (AvgIpc) is 3.24. The van der Waals surface area contributed by atoms with E-state index < -0.39 is 0 Å². The lowest BCUT2D eigenvalue weighted by atomic mass is 10.1. The number of halogens is 1. The molecule has 0 spiro atoms. The summed E-state index contributed by atoms with van der Waals surface area (Å²) in [6.07, 6.45) is 1.95. The molecule has 2 N–H and O–H groups in total. The Morgan fingerprint density at radius 2 is 2.29 bits per heavy atom. The molecule has 1 aromatic carbocycles. The van der Waals surface area contributed by atoms with Crippen molar-refractivity contribution in [1.82, 2.24) is 20.1 Å². The van der Waals surface area contributed by atoms with E-state index in [9.17, 15) is 9.18 Å². The second-order valence-electron chi connectivity index (χ2n) is 5.18. The first-order valence-electron chi connectivity index (χ1n) is 6.92. The molecule has 1 aliphatic rings. The van der Waals surface area contributed by atoms with Crippen LogP contribution in [-0.2, 0) is 0 Å². The van der Waals surface area contributed by atoms with E-state index >= 15 is 0 Å². The minimum Gasteiger partial charge on any atom is -0.313 e. The predicted octanol–water partition coefficient (Wildman–Crippen LogP) is 2.48. The lowest BCUT2D eigenvalue weighted by Gasteiger charge is -2.15. The molecule has 0 saturated heterocycles. The molecule has 3 rings (SSSR count). The van der Waals surface area contributed by atoms with Gasteiger partial charge in [0, 0.05) is 12.1 Å². The maximum absolute atomic E-state index is 14.2. The van der Waals surface area contributed by atoms with Gasteiger partial charge in [-0.1, -0.05) is 12.1 Å². The zero-order valence-electron chi connectivity index (χ0n) is 11.9. The van der Waals surface area contributed by atoms with Gasteiger partial charge in [0.2, 0.25) is 0 Å². The van der Waals surface area contributed by atoms with Crippen LogP contribution in [0.15, 0.2) is 33.0 Å². The van der Waals surface area contributed by atoms with Gasteiger partial charge < -0.3 is 5.32 Å². The van der Waals surface area contributed by atoms with Crippen LogP contribution in [-0.4, -0.2) is 21.8 Å². The van der Waals surface area contributed by atoms with Gasteiger partial charge in [-0.25, -0.2) is 14.3 Å². The summed E-state index contributed by atoms with van der Waals surface area (Å²) in [6, 6.07) is 5.24. The Labute approximate surface area is 125 Å². The van der Waals surface area contributed by atoms with Gasteiger partial charge >= 0.3 is 5.69 Å². The Balaban J connectivity index is 2.00. The molecule has 0 radical (unpaired) electrons. The fourth-order valence-electron chi connectivity index (χ4n) is 2.24. The topological polar surface area (TPSA) is 62.7 Å². The highest BCUT2D eigenvalue weighted by atomic mass is 32.2. The highest BCUT2D eigenvalue weighted by molar-refractivity contribution is 7.99. The number of nitrogens with zero attached hydrogens (tertiary/aromatic N) is 2. The van der Waals surface area contributed by atoms with E-state index in [2.05, 4.69) is 15.5 Å². The lowest BCUT2D eigenvalue weighted by Crippen LogP contribution is -2.16. The summed E-state index contributed by atoms with van der Waals surface area (Å²) in [7, 11) is 1.83. The van der Waals surface area contributed by atoms with E-state index in [0.717, 1.165) is 18.4 Å². The maximum atomic E-state index is 14.2. The van der Waals surface area contributed by atoms with Crippen LogP contribution >= 0.6 is 11.8 Å². The van der Waals surface area contributed by atoms with E-state index in [4.69, 9.17) is 0 Å². The first kappa shape index (κ1) is 14.3. The first-order chi connectivity index (χ1) is 10.1. The normalized spacial score (nSPS) is 16.1. The molecule has 1 heterocycles. The summed E-state index contributed by atoms with van der Waals surface area (Å²) in [5.41, 5.74) is 0.639. The zero-order valence-corrected chi connectivity index (χ0v) is 12.7. The second kappa shape index (κ2) is 5.65. The molecular weight excluding hydrogens is 291 g/mol. The Kier molecular flexibility index (Phi) is 3.86. The van der Waals surface area contributed by atoms with Crippen molar-refractivity contribution >= 4 is 11.8 Å². The smallest absolute Gasteiger partial charge is 0.313 e. The summed E-state index contributed by atoms with van der Waals surface area (Å²) in [6.45, 7) is 1.97. The molecule has 0 bridgehead atoms. The highest BCUT2D eigenvalue weighted by Gasteiger charge is 2.29. The van der Waals surface area contributed by atoms with E-state index in [1.54, 1.807) is 10.6 Å². The lowest BCUT2D eigenvalue weighted by molar-refractivity contribution is 0.574. The molecule has 1 aliphatic carbocycles. The molecule has 1 atom stereocenters. The molecule has 5 nitrogen and oxygen atoms in total. The van der Waals surface area contributed by atoms with E-state index in [-0.39, 0.29) is 23.6 Å². The Morgan fingerprint density at radius 3 is 2.95 bits per heavy atom. The minimum absolute atomic E-state index is 0.0169. The van der Waals surface area contributed by atoms with Crippen LogP contribution in [0, 0.1) is 5.82 Å². The van der Waals surface area contributed by atoms with E-state index in [0.29, 0.717) is 10.1 Å². The van der Waals surface area contributed by atoms with E-state index in [1.165, 1.54) is 17.8 Å². The summed E-state index contributed by atoms with van der Waals surface area (Å²) in [4.78, 5) is 12.3. The number of nitrogens with one attached hydrogen (secondary N) is 2. The van der Waals surface area contributed by atoms with Crippen molar-refractivity contribution in [2.24, 2.45) is 0 Å². The maximum Gasteiger partial charge on any atom is 0.344 e. The third-order valence-corrected chi connectivity index (χ3v) is 4.78. The number of benzene rings is 1. The third kappa shape index (κ3) is 2.75. The van der Waals surface area contributed by atoms with Gasteiger partial charge in [-0.3, -0.25) is 4.57 Å². The van der Waals surface area contributed by atoms with Crippen LogP contribution in [0.1, 0.15) is 37.4 Å². The van der Waals surface area contributed by atoms with Crippen molar-refractivity contribution in [2.75, 3.05) is 7.05 Å². The number of hydrogen-bond donors (Lipinski definition) is 2. The van der Waals surface area contributed by atoms with Gasteiger partial charge in [0.25, 0.3) is 0 Å². The van der Waals surface area contributed by atoms with Crippen LogP contribution in [0.3, 0.4) is 0 Å². The second-order valence-corrected chi connectivity index (χ2v) is 6.16. The summed E-state index contributed by atoms with van der Waals surface area (Å²) in [5, 5.41) is 10.1. The molecule has 112 valence electrons. The fraction of sp³-hybridized carbons (Fsp3) is 0.429. The minimum atomic E-state index is -0.294. The van der Waals surface area contributed by atoms with Gasteiger partial charge in [0.15, 0.2) is 5.16 Å². The monoisotopic (exact) mass is 308 g/mol. The van der Waals surface area contributed by atoms with Crippen molar-refractivity contribution in [3.8, 4) is 0 Å². The number of aromatic amines is 1. The summed E-state index contributed by atoms with van der Waals surface area (Å²) >= 11 is 1.21. The molecule has 21 heavy (non-hydrogen) atoms. The first-order valence-corrected chi connectivity index (χ1v) is 7.74. The van der Waals surface area contributed by atoms with Gasteiger partial charge in [-0.15, -0.1) is 5.10 Å². The number of H-pyrrole nitrogens is 1. The molecular formula is C14H17FN4OS. The predicted molar refractivity (Wildman–Crippen MR) is 79.1 cm³/mol. The van der Waals surface area contributed by atoms with Crippen molar-refractivity contribution in [3.05, 3.63) is 40.1 Å². The van der Waals surface area contributed by atoms with Crippen LogP contribution in [0.4, 0.5) is 4.39 Å². The number of rotatable bonds is 5. The molecule has 7 heteroatoms. The molecule has 1 saturated carbocycles. The Bertz CT molecular complexity index is 707. The van der Waals surface area contributed by atoms with Crippen LogP contribution in [0.5, 0.6) is 0 Å². The molecule has 1 unspecified atom stereocenters. The molecule has 1 aromatic heterocycles. The number of aromatic nitrogens is 3. The fourth-order valence-corrected chi connectivity index (χ4v) is 3.37. The van der Waals surface area contributed by atoms with Gasteiger partial charge in [0.05, 0.1) is 4.90 Å². The summed E-state index contributed by atoms with van der Waals surface area (Å²) < 4.78 is 15.8.